The Morgan fingerprint density at radius 2 is 1.39 bits per heavy atom. The van der Waals surface area contributed by atoms with E-state index >= 15 is 0 Å². The van der Waals surface area contributed by atoms with Crippen molar-refractivity contribution in [3.8, 4) is 0 Å². The van der Waals surface area contributed by atoms with Gasteiger partial charge in [0.1, 0.15) is 6.10 Å². The van der Waals surface area contributed by atoms with E-state index in [0.717, 1.165) is 18.4 Å². The first kappa shape index (κ1) is 55.9. The summed E-state index contributed by atoms with van der Waals surface area (Å²) in [5, 5.41) is 3.08. The summed E-state index contributed by atoms with van der Waals surface area (Å²) >= 11 is 0. The Morgan fingerprint density at radius 3 is 1.94 bits per heavy atom. The molecule has 0 aliphatic carbocycles. The summed E-state index contributed by atoms with van der Waals surface area (Å²) in [7, 11) is 8.67. The summed E-state index contributed by atoms with van der Waals surface area (Å²) in [6.07, 6.45) is 1.69. The fourth-order valence-electron chi connectivity index (χ4n) is 9.83. The minimum absolute atomic E-state index is 0.0163. The second-order valence-corrected chi connectivity index (χ2v) is 19.4. The van der Waals surface area contributed by atoms with Gasteiger partial charge in [0.2, 0.25) is 17.7 Å². The second-order valence-electron chi connectivity index (χ2n) is 19.4. The van der Waals surface area contributed by atoms with Crippen LogP contribution in [0, 0.1) is 29.6 Å². The molecule has 66 heavy (non-hydrogen) atoms. The summed E-state index contributed by atoms with van der Waals surface area (Å²) < 4.78 is 18.2. The number of hydrogen-bond acceptors (Lipinski definition) is 10. The number of unbranched alkanes of at least 4 members (excludes halogenated alkanes) is 1. The number of ketones is 2. The highest BCUT2D eigenvalue weighted by molar-refractivity contribution is 5.96. The number of carbonyl (C=O) groups excluding carboxylic acids is 6. The van der Waals surface area contributed by atoms with Crippen molar-refractivity contribution in [2.24, 2.45) is 29.6 Å². The van der Waals surface area contributed by atoms with Crippen molar-refractivity contribution in [3.63, 3.8) is 0 Å². The number of ether oxygens (including phenoxy) is 3. The van der Waals surface area contributed by atoms with E-state index in [1.165, 1.54) is 0 Å². The number of methoxy groups -OCH3 is 2. The van der Waals surface area contributed by atoms with E-state index in [4.69, 9.17) is 14.2 Å². The highest BCUT2D eigenvalue weighted by Crippen LogP contribution is 2.32. The molecule has 3 rings (SSSR count). The van der Waals surface area contributed by atoms with E-state index in [-0.39, 0.29) is 72.3 Å². The maximum absolute atomic E-state index is 14.4. The molecule has 0 spiro atoms. The summed E-state index contributed by atoms with van der Waals surface area (Å²) in [6.45, 7) is 16.2. The lowest BCUT2D eigenvalue weighted by atomic mass is 9.83. The van der Waals surface area contributed by atoms with Crippen molar-refractivity contribution in [2.45, 2.75) is 156 Å². The zero-order valence-corrected chi connectivity index (χ0v) is 42.3. The summed E-state index contributed by atoms with van der Waals surface area (Å²) in [5.41, 5.74) is 1.38. The van der Waals surface area contributed by atoms with Crippen molar-refractivity contribution >= 4 is 35.3 Å². The molecule has 1 unspecified atom stereocenters. The SMILES string of the molecule is CC[C@H](C)[C@@H]([C@@H](CC(=O)N1CCC[C@H]1[C@H](OC)[C@@H](C)C(=O)N[C@H](C)C(OC(=O)CCCCC(=O)c1ccccc1)c1ccccc1)OC)N(C)C(=O)[C@@H](CC(=O)[C@H](C(C)C)N(C)C)C(C)C. The number of esters is 1. The summed E-state index contributed by atoms with van der Waals surface area (Å²) in [4.78, 5) is 87.7. The third kappa shape index (κ3) is 15.6. The Balaban J connectivity index is 1.72. The molecule has 10 atom stereocenters. The van der Waals surface area contributed by atoms with Gasteiger partial charge in [-0.05, 0) is 70.0 Å². The first-order valence-corrected chi connectivity index (χ1v) is 24.2. The fraction of sp³-hybridized carbons (Fsp3) is 0.660. The van der Waals surface area contributed by atoms with Crippen LogP contribution in [0.15, 0.2) is 60.7 Å². The van der Waals surface area contributed by atoms with Gasteiger partial charge >= 0.3 is 5.97 Å². The standard InChI is InChI=1S/C53H82N4O9/c1-14-36(6)49(56(11)53(63)41(34(2)3)32-44(59)48(35(4)5)55(9)10)45(64-12)33-46(60)57-31-23-28-42(57)50(65-13)37(7)52(62)54-38(8)51(40-26-19-16-20-27-40)66-47(61)30-22-21-29-43(58)39-24-17-15-18-25-39/h15-20,24-27,34-38,41-42,45,48-51H,14,21-23,28-33H2,1-13H3,(H,54,62)/t36-,37+,38+,41-,42-,45+,48-,49-,50+,51?/m0/s1. The quantitative estimate of drug-likeness (QED) is 0.0506. The topological polar surface area (TPSA) is 152 Å². The van der Waals surface area contributed by atoms with Gasteiger partial charge in [0, 0.05) is 58.6 Å². The number of nitrogens with zero attached hydrogens (tertiary/aromatic N) is 3. The van der Waals surface area contributed by atoms with Crippen LogP contribution < -0.4 is 5.32 Å². The molecule has 1 heterocycles. The zero-order valence-electron chi connectivity index (χ0n) is 42.3. The van der Waals surface area contributed by atoms with Crippen molar-refractivity contribution in [3.05, 3.63) is 71.8 Å². The number of nitrogens with one attached hydrogen (secondary N) is 1. The number of benzene rings is 2. The smallest absolute Gasteiger partial charge is 0.306 e. The largest absolute Gasteiger partial charge is 0.455 e. The molecule has 1 saturated heterocycles. The minimum Gasteiger partial charge on any atom is -0.455 e. The van der Waals surface area contributed by atoms with Crippen LogP contribution in [0.25, 0.3) is 0 Å². The van der Waals surface area contributed by atoms with E-state index in [1.807, 2.05) is 95.2 Å². The average molecular weight is 919 g/mol. The lowest BCUT2D eigenvalue weighted by Gasteiger charge is -2.41. The average Bonchev–Trinajstić information content (AvgIpc) is 3.78. The number of likely N-dealkylation sites (tertiary alicyclic amines) is 1. The molecule has 368 valence electrons. The van der Waals surface area contributed by atoms with Gasteiger partial charge in [-0.15, -0.1) is 0 Å². The normalized spacial score (nSPS) is 18.2. The Bertz CT molecular complexity index is 1830. The first-order chi connectivity index (χ1) is 31.3. The Hall–Kier alpha value is -4.46. The molecule has 1 aliphatic heterocycles. The van der Waals surface area contributed by atoms with Crippen LogP contribution >= 0.6 is 0 Å². The monoisotopic (exact) mass is 919 g/mol. The van der Waals surface area contributed by atoms with Gasteiger partial charge in [0.15, 0.2) is 11.6 Å². The number of hydrogen-bond donors (Lipinski definition) is 1. The van der Waals surface area contributed by atoms with E-state index in [2.05, 4.69) is 19.2 Å². The van der Waals surface area contributed by atoms with E-state index in [9.17, 15) is 28.8 Å². The summed E-state index contributed by atoms with van der Waals surface area (Å²) in [6, 6.07) is 16.6. The molecule has 1 fully saturated rings. The third-order valence-electron chi connectivity index (χ3n) is 13.7. The molecule has 3 amide bonds. The van der Waals surface area contributed by atoms with Crippen LogP contribution in [0.4, 0.5) is 0 Å². The predicted octanol–water partition coefficient (Wildman–Crippen LogP) is 7.96. The van der Waals surface area contributed by atoms with Gasteiger partial charge in [-0.1, -0.05) is 116 Å². The molecule has 0 bridgehead atoms. The van der Waals surface area contributed by atoms with E-state index in [0.29, 0.717) is 37.8 Å². The van der Waals surface area contributed by atoms with Crippen LogP contribution in [0.1, 0.15) is 135 Å². The molecule has 2 aromatic carbocycles. The maximum Gasteiger partial charge on any atom is 0.306 e. The third-order valence-corrected chi connectivity index (χ3v) is 13.7. The maximum atomic E-state index is 14.4. The van der Waals surface area contributed by atoms with Gasteiger partial charge < -0.3 is 29.3 Å². The fourth-order valence-corrected chi connectivity index (χ4v) is 9.83. The van der Waals surface area contributed by atoms with Crippen LogP contribution in [0.2, 0.25) is 0 Å². The number of amides is 3. The molecule has 0 radical (unpaired) electrons. The Morgan fingerprint density at radius 1 is 0.788 bits per heavy atom. The first-order valence-electron chi connectivity index (χ1n) is 24.2. The van der Waals surface area contributed by atoms with Crippen molar-refractivity contribution in [1.82, 2.24) is 20.0 Å². The van der Waals surface area contributed by atoms with Gasteiger partial charge in [-0.25, -0.2) is 0 Å². The van der Waals surface area contributed by atoms with Gasteiger partial charge in [-0.2, -0.15) is 0 Å². The molecule has 13 nitrogen and oxygen atoms in total. The van der Waals surface area contributed by atoms with Crippen LogP contribution in [0.3, 0.4) is 0 Å². The molecule has 0 aromatic heterocycles. The van der Waals surface area contributed by atoms with E-state index < -0.39 is 54.2 Å². The lowest BCUT2D eigenvalue weighted by Crippen LogP contribution is -2.54. The molecular weight excluding hydrogens is 837 g/mol. The Kier molecular flexibility index (Phi) is 23.2. The number of rotatable bonds is 28. The molecule has 2 aromatic rings. The van der Waals surface area contributed by atoms with Gasteiger partial charge in [0.05, 0.1) is 48.7 Å². The highest BCUT2D eigenvalue weighted by Gasteiger charge is 2.43. The van der Waals surface area contributed by atoms with Crippen LogP contribution in [-0.2, 0) is 38.2 Å². The predicted molar refractivity (Wildman–Crippen MR) is 259 cm³/mol. The highest BCUT2D eigenvalue weighted by atomic mass is 16.5. The van der Waals surface area contributed by atoms with Crippen LogP contribution in [-0.4, -0.2) is 128 Å². The molecule has 0 saturated carbocycles. The molecule has 1 N–H and O–H groups in total. The van der Waals surface area contributed by atoms with Crippen molar-refractivity contribution in [2.75, 3.05) is 41.9 Å². The number of likely N-dealkylation sites (N-methyl/N-ethyl adjacent to an activating group) is 2. The molecular formula is C53H82N4O9. The minimum atomic E-state index is -0.771. The number of Topliss-reactive ketones (excluding diaryl/α,β-unsaturated/α-hetero) is 2. The van der Waals surface area contributed by atoms with Crippen LogP contribution in [0.5, 0.6) is 0 Å². The van der Waals surface area contributed by atoms with Crippen molar-refractivity contribution < 1.29 is 43.0 Å². The van der Waals surface area contributed by atoms with Gasteiger partial charge in [-0.3, -0.25) is 33.7 Å². The molecule has 13 heteroatoms. The summed E-state index contributed by atoms with van der Waals surface area (Å²) in [5.74, 6) is -2.18. The van der Waals surface area contributed by atoms with Crippen molar-refractivity contribution in [1.29, 1.82) is 0 Å². The van der Waals surface area contributed by atoms with Gasteiger partial charge in [0.25, 0.3) is 0 Å². The second kappa shape index (κ2) is 27.4. The van der Waals surface area contributed by atoms with E-state index in [1.54, 1.807) is 57.0 Å². The number of carbonyl (C=O) groups is 6. The zero-order chi connectivity index (χ0) is 49.2. The Labute approximate surface area is 396 Å². The molecule has 1 aliphatic rings. The lowest BCUT2D eigenvalue weighted by molar-refractivity contribution is -0.152.